The first-order valence-corrected chi connectivity index (χ1v) is 42.6. The number of unbranched alkanes of at least 4 members (excludes halogenated alkanes) is 7. The number of hydrogen-bond acceptors (Lipinski definition) is 17. The first kappa shape index (κ1) is 82.1. The Labute approximate surface area is 639 Å². The predicted octanol–water partition coefficient (Wildman–Crippen LogP) is 14.5. The molecule has 5 N–H and O–H groups in total. The van der Waals surface area contributed by atoms with Gasteiger partial charge >= 0.3 is 5.51 Å². The van der Waals surface area contributed by atoms with Crippen molar-refractivity contribution in [2.75, 3.05) is 101 Å². The molecule has 3 fully saturated rings. The number of nitrogens with one attached hydrogen (secondary N) is 4. The zero-order valence-corrected chi connectivity index (χ0v) is 66.3. The summed E-state index contributed by atoms with van der Waals surface area (Å²) in [5, 5.41) is 21.2. The Morgan fingerprint density at radius 2 is 1.39 bits per heavy atom. The average molecular weight is 1560 g/mol. The minimum Gasteiger partial charge on any atom is -0.391 e. The lowest BCUT2D eigenvalue weighted by Crippen LogP contribution is -2.56. The van der Waals surface area contributed by atoms with Crippen LogP contribution in [-0.4, -0.2) is 185 Å². The van der Waals surface area contributed by atoms with Crippen LogP contribution >= 0.6 is 34.7 Å². The molecule has 18 nitrogen and oxygen atoms in total. The number of carbonyl (C=O) groups is 3. The lowest BCUT2D eigenvalue weighted by molar-refractivity contribution is -0.142. The number of halogens is 4. The molecule has 3 saturated heterocycles. The number of sulfonamides is 1. The van der Waals surface area contributed by atoms with Gasteiger partial charge in [-0.05, 0) is 165 Å². The number of benzene rings is 5. The van der Waals surface area contributed by atoms with Gasteiger partial charge in [-0.15, -0.1) is 23.1 Å². The summed E-state index contributed by atoms with van der Waals surface area (Å²) in [6, 6.07) is 32.4. The summed E-state index contributed by atoms with van der Waals surface area (Å²) in [6.07, 6.45) is 11.5. The Morgan fingerprint density at radius 3 is 2.02 bits per heavy atom. The lowest BCUT2D eigenvalue weighted by atomic mass is 9.73. The SMILES string of the molecule is Cc1ncsc1-c1ccc([C@H](C)NC(=O)[C@@H]2C[C@@H](O)CN2C(=O)[C@@H](NCCCCCCCCCCN2CCN(CC[C@H](CSc3ccccc3)Nc3ccc(S(=O)(=O)NC(=O)c4ccc(N5CCN(CC6=C(c7ccc(Cl)cc7)CCC(C)(C)C6)CC5)cc4)cc3S(=O)(=O)C(F)(F)F)CC2)C(C)(C)C)cc1. The van der Waals surface area contributed by atoms with Gasteiger partial charge < -0.3 is 40.7 Å². The van der Waals surface area contributed by atoms with Gasteiger partial charge in [0.2, 0.25) is 11.8 Å². The average Bonchev–Trinajstić information content (AvgIpc) is 0.971. The summed E-state index contributed by atoms with van der Waals surface area (Å²) >= 11 is 9.28. The highest BCUT2D eigenvalue weighted by Gasteiger charge is 2.49. The van der Waals surface area contributed by atoms with Crippen LogP contribution in [0.1, 0.15) is 158 Å². The van der Waals surface area contributed by atoms with E-state index in [9.17, 15) is 49.5 Å². The van der Waals surface area contributed by atoms with Crippen molar-refractivity contribution < 1.29 is 49.5 Å². The fourth-order valence-corrected chi connectivity index (χ4v) is 18.8. The molecule has 0 radical (unpaired) electrons. The number of amides is 3. The van der Waals surface area contributed by atoms with Crippen molar-refractivity contribution in [3.05, 3.63) is 160 Å². The maximum atomic E-state index is 14.6. The summed E-state index contributed by atoms with van der Waals surface area (Å²) in [7, 11) is -11.0. The van der Waals surface area contributed by atoms with Crippen molar-refractivity contribution in [1.82, 2.24) is 39.9 Å². The molecular formula is C80H106ClF3N10O8S4. The van der Waals surface area contributed by atoms with E-state index in [-0.39, 0.29) is 41.8 Å². The van der Waals surface area contributed by atoms with Gasteiger partial charge in [-0.25, -0.2) is 26.5 Å². The number of aliphatic hydroxyl groups is 1. The number of thiazole rings is 1. The number of allylic oxidation sites excluding steroid dienone is 1. The van der Waals surface area contributed by atoms with E-state index < -0.39 is 76.4 Å². The quantitative estimate of drug-likeness (QED) is 0.0191. The van der Waals surface area contributed by atoms with Crippen LogP contribution in [0.2, 0.25) is 5.02 Å². The van der Waals surface area contributed by atoms with Crippen LogP contribution in [0.3, 0.4) is 0 Å². The van der Waals surface area contributed by atoms with Crippen molar-refractivity contribution in [2.45, 2.75) is 182 Å². The van der Waals surface area contributed by atoms with Gasteiger partial charge in [0.05, 0.1) is 44.9 Å². The monoisotopic (exact) mass is 1550 g/mol. The first-order valence-electron chi connectivity index (χ1n) is 37.4. The Morgan fingerprint density at radius 1 is 0.764 bits per heavy atom. The number of carbonyl (C=O) groups excluding carboxylic acids is 3. The number of β-amino-alcohol motifs (C(OH)–C–C–N with tert-alkyl or cyclic N) is 1. The second-order valence-electron chi connectivity index (χ2n) is 30.8. The molecule has 5 aromatic carbocycles. The zero-order valence-electron chi connectivity index (χ0n) is 62.2. The smallest absolute Gasteiger partial charge is 0.391 e. The number of rotatable bonds is 33. The van der Waals surface area contributed by atoms with E-state index in [0.29, 0.717) is 36.4 Å². The fraction of sp³-hybridized carbons (Fsp3) is 0.525. The van der Waals surface area contributed by atoms with Gasteiger partial charge in [-0.3, -0.25) is 19.3 Å². The van der Waals surface area contributed by atoms with Crippen LogP contribution in [0, 0.1) is 17.8 Å². The third kappa shape index (κ3) is 22.4. The summed E-state index contributed by atoms with van der Waals surface area (Å²) in [4.78, 5) is 56.9. The molecule has 3 aliphatic heterocycles. The number of nitrogens with zero attached hydrogens (tertiary/aromatic N) is 6. The maximum absolute atomic E-state index is 14.6. The predicted molar refractivity (Wildman–Crippen MR) is 421 cm³/mol. The van der Waals surface area contributed by atoms with E-state index in [1.54, 1.807) is 28.4 Å². The Balaban J connectivity index is 0.647. The van der Waals surface area contributed by atoms with Crippen molar-refractivity contribution >= 4 is 89.2 Å². The summed E-state index contributed by atoms with van der Waals surface area (Å²) < 4.78 is 100. The molecule has 4 heterocycles. The molecule has 0 spiro atoms. The highest BCUT2D eigenvalue weighted by atomic mass is 35.5. The topological polar surface area (TPSA) is 217 Å². The van der Waals surface area contributed by atoms with Crippen LogP contribution in [0.15, 0.2) is 147 Å². The van der Waals surface area contributed by atoms with E-state index in [2.05, 4.69) is 66.5 Å². The first-order chi connectivity index (χ1) is 50.4. The number of sulfone groups is 1. The summed E-state index contributed by atoms with van der Waals surface area (Å²) in [5.41, 5.74) is 3.27. The normalized spacial score (nSPS) is 18.9. The lowest BCUT2D eigenvalue weighted by Gasteiger charge is -2.39. The second kappa shape index (κ2) is 36.9. The van der Waals surface area contributed by atoms with Crippen LogP contribution in [-0.2, 0) is 29.4 Å². The third-order valence-electron chi connectivity index (χ3n) is 21.0. The number of alkyl halides is 3. The number of aryl methyl sites for hydroxylation is 1. The van der Waals surface area contributed by atoms with Gasteiger partial charge in [-0.2, -0.15) is 13.2 Å². The minimum absolute atomic E-state index is 0.0107. The number of likely N-dealkylation sites (tertiary alicyclic amines) is 1. The summed E-state index contributed by atoms with van der Waals surface area (Å²) in [6.45, 7) is 24.1. The second-order valence-corrected chi connectivity index (χ2v) is 36.8. The van der Waals surface area contributed by atoms with E-state index in [0.717, 1.165) is 180 Å². The zero-order chi connectivity index (χ0) is 76.0. The number of hydrogen-bond donors (Lipinski definition) is 5. The van der Waals surface area contributed by atoms with Gasteiger partial charge in [-0.1, -0.05) is 145 Å². The number of piperazine rings is 2. The van der Waals surface area contributed by atoms with Gasteiger partial charge in [0, 0.05) is 111 Å². The maximum Gasteiger partial charge on any atom is 0.501 e. The Bertz CT molecular complexity index is 4170. The van der Waals surface area contributed by atoms with Crippen LogP contribution in [0.4, 0.5) is 24.5 Å². The van der Waals surface area contributed by atoms with E-state index in [4.69, 9.17) is 11.6 Å². The largest absolute Gasteiger partial charge is 0.501 e. The third-order valence-corrected chi connectivity index (χ3v) is 26.3. The van der Waals surface area contributed by atoms with Crippen molar-refractivity contribution in [3.63, 3.8) is 0 Å². The molecule has 0 unspecified atom stereocenters. The Kier molecular flexibility index (Phi) is 28.6. The fourth-order valence-electron chi connectivity index (χ4n) is 14.8. The highest BCUT2D eigenvalue weighted by Crippen LogP contribution is 2.44. The van der Waals surface area contributed by atoms with Gasteiger partial charge in [0.15, 0.2) is 0 Å². The Hall–Kier alpha value is -6.39. The molecule has 576 valence electrons. The van der Waals surface area contributed by atoms with E-state index in [1.165, 1.54) is 40.6 Å². The van der Waals surface area contributed by atoms with E-state index in [1.807, 2.05) is 112 Å². The number of thioether (sulfide) groups is 1. The van der Waals surface area contributed by atoms with E-state index >= 15 is 0 Å². The molecule has 26 heteroatoms. The molecule has 5 atom stereocenters. The molecule has 10 rings (SSSR count). The molecule has 4 aliphatic rings. The molecule has 1 aromatic heterocycles. The van der Waals surface area contributed by atoms with Crippen LogP contribution in [0.5, 0.6) is 0 Å². The highest BCUT2D eigenvalue weighted by molar-refractivity contribution is 7.99. The minimum atomic E-state index is -6.12. The molecule has 0 bridgehead atoms. The standard InChI is InChI=1S/C80H106ClF3N10O8S4/c1-56(58-21-23-60(24-22-58)73-57(2)86-55-104-73)87-76(97)71-49-66(95)53-94(71)77(98)74(78(3,4)5)85-38-17-12-10-8-9-11-13-18-39-90-41-43-91(44-42-90)40-36-64(54-103-67-19-15-14-16-20-67)88-70-34-33-68(50-72(70)105(99,100)80(82,83)84)106(101,102)89-75(96)61-27-31-65(32-28-61)93-47-45-92(46-48-93)52-62-51-79(6,7)37-35-69(62)59-25-29-63(81)30-26-59/h14-16,19-34,50,55-56,64,66,71,74,85,88,95H,8-13,17-18,35-49,51-54H2,1-7H3,(H,87,97)(H,89,96)/t56-,64+,66+,71-,74+/m0/s1. The number of aliphatic hydroxyl groups excluding tert-OH is 1. The van der Waals surface area contributed by atoms with Crippen molar-refractivity contribution in [1.29, 1.82) is 0 Å². The van der Waals surface area contributed by atoms with Crippen LogP contribution in [0.25, 0.3) is 16.0 Å². The molecule has 6 aromatic rings. The molecule has 1 aliphatic carbocycles. The van der Waals surface area contributed by atoms with Crippen molar-refractivity contribution in [3.8, 4) is 10.4 Å². The molecular weight excluding hydrogens is 1450 g/mol. The molecule has 0 saturated carbocycles. The van der Waals surface area contributed by atoms with Gasteiger partial charge in [0.25, 0.3) is 25.8 Å². The van der Waals surface area contributed by atoms with Crippen molar-refractivity contribution in [2.24, 2.45) is 10.8 Å². The van der Waals surface area contributed by atoms with Gasteiger partial charge in [0.1, 0.15) is 10.9 Å². The number of anilines is 2. The molecule has 3 amide bonds. The van der Waals surface area contributed by atoms with Crippen LogP contribution < -0.4 is 25.6 Å². The molecule has 106 heavy (non-hydrogen) atoms. The number of aromatic nitrogens is 1. The summed E-state index contributed by atoms with van der Waals surface area (Å²) in [5.74, 6) is -1.13.